The van der Waals surface area contributed by atoms with Crippen molar-refractivity contribution in [3.05, 3.63) is 53.6 Å². The summed E-state index contributed by atoms with van der Waals surface area (Å²) in [6.07, 6.45) is 0. The molecule has 0 heterocycles. The lowest BCUT2D eigenvalue weighted by Gasteiger charge is -2.16. The largest absolute Gasteiger partial charge is 0.496 e. The van der Waals surface area contributed by atoms with Crippen molar-refractivity contribution in [2.24, 2.45) is 0 Å². The monoisotopic (exact) mass is 372 g/mol. The quantitative estimate of drug-likeness (QED) is 0.728. The Balaban J connectivity index is 1.96. The van der Waals surface area contributed by atoms with Crippen LogP contribution in [0.4, 0.5) is 0 Å². The first-order valence-corrected chi connectivity index (χ1v) is 8.42. The van der Waals surface area contributed by atoms with Gasteiger partial charge in [-0.2, -0.15) is 0 Å². The molecule has 0 saturated carbocycles. The number of rotatable bonds is 7. The number of hydrogen-bond acceptors (Lipinski definition) is 5. The number of carbonyl (C=O) groups excluding carboxylic acids is 2. The molecule has 2 amide bonds. The van der Waals surface area contributed by atoms with Gasteiger partial charge in [-0.1, -0.05) is 24.3 Å². The van der Waals surface area contributed by atoms with Gasteiger partial charge in [-0.15, -0.1) is 0 Å². The summed E-state index contributed by atoms with van der Waals surface area (Å²) in [7, 11) is 4.64. The highest BCUT2D eigenvalue weighted by Crippen LogP contribution is 2.29. The number of nitrogens with one attached hydrogen (secondary N) is 2. The standard InChI is InChI=1S/C20H24N2O5/c1-13(14-9-10-17(26-3)18(11-14)27-4)22-20(24)19(23)21-12-15-7-5-6-8-16(15)25-2/h5-11,13H,12H2,1-4H3,(H,21,23)(H,22,24). The summed E-state index contributed by atoms with van der Waals surface area (Å²) in [6, 6.07) is 12.2. The fraction of sp³-hybridized carbons (Fsp3) is 0.300. The molecule has 0 fully saturated rings. The maximum Gasteiger partial charge on any atom is 0.309 e. The molecule has 1 unspecified atom stereocenters. The second-order valence-corrected chi connectivity index (χ2v) is 5.80. The van der Waals surface area contributed by atoms with Crippen LogP contribution in [0, 0.1) is 0 Å². The number of ether oxygens (including phenoxy) is 3. The molecule has 0 aliphatic rings. The molecule has 0 aliphatic carbocycles. The van der Waals surface area contributed by atoms with E-state index >= 15 is 0 Å². The second kappa shape index (κ2) is 9.47. The van der Waals surface area contributed by atoms with Crippen molar-refractivity contribution < 1.29 is 23.8 Å². The first kappa shape index (κ1) is 20.1. The Hall–Kier alpha value is -3.22. The van der Waals surface area contributed by atoms with Crippen molar-refractivity contribution >= 4 is 11.8 Å². The lowest BCUT2D eigenvalue weighted by molar-refractivity contribution is -0.139. The third-order valence-corrected chi connectivity index (χ3v) is 4.09. The fourth-order valence-corrected chi connectivity index (χ4v) is 2.57. The maximum atomic E-state index is 12.2. The van der Waals surface area contributed by atoms with Crippen molar-refractivity contribution in [3.63, 3.8) is 0 Å². The molecule has 0 radical (unpaired) electrons. The second-order valence-electron chi connectivity index (χ2n) is 5.80. The molecule has 0 saturated heterocycles. The summed E-state index contributed by atoms with van der Waals surface area (Å²) >= 11 is 0. The van der Waals surface area contributed by atoms with E-state index in [-0.39, 0.29) is 12.6 Å². The fourth-order valence-electron chi connectivity index (χ4n) is 2.57. The van der Waals surface area contributed by atoms with Gasteiger partial charge in [0.2, 0.25) is 0 Å². The lowest BCUT2D eigenvalue weighted by atomic mass is 10.1. The molecule has 0 spiro atoms. The Morgan fingerprint density at radius 3 is 2.22 bits per heavy atom. The normalized spacial score (nSPS) is 11.3. The van der Waals surface area contributed by atoms with E-state index in [1.807, 2.05) is 18.2 Å². The van der Waals surface area contributed by atoms with Gasteiger partial charge >= 0.3 is 11.8 Å². The molecular weight excluding hydrogens is 348 g/mol. The van der Waals surface area contributed by atoms with Crippen LogP contribution in [-0.2, 0) is 16.1 Å². The lowest BCUT2D eigenvalue weighted by Crippen LogP contribution is -2.40. The van der Waals surface area contributed by atoms with E-state index in [9.17, 15) is 9.59 Å². The first-order chi connectivity index (χ1) is 13.0. The summed E-state index contributed by atoms with van der Waals surface area (Å²) in [4.78, 5) is 24.3. The van der Waals surface area contributed by atoms with E-state index in [0.717, 1.165) is 11.1 Å². The van der Waals surface area contributed by atoms with E-state index in [4.69, 9.17) is 14.2 Å². The average Bonchev–Trinajstić information content (AvgIpc) is 2.71. The van der Waals surface area contributed by atoms with Crippen LogP contribution >= 0.6 is 0 Å². The molecule has 0 aliphatic heterocycles. The number of amides is 2. The summed E-state index contributed by atoms with van der Waals surface area (Å²) in [5.74, 6) is 0.364. The number of hydrogen-bond donors (Lipinski definition) is 2. The van der Waals surface area contributed by atoms with Crippen LogP contribution < -0.4 is 24.8 Å². The first-order valence-electron chi connectivity index (χ1n) is 8.42. The number of para-hydroxylation sites is 1. The molecule has 27 heavy (non-hydrogen) atoms. The molecule has 7 heteroatoms. The van der Waals surface area contributed by atoms with Gasteiger partial charge in [-0.25, -0.2) is 0 Å². The minimum atomic E-state index is -0.716. The average molecular weight is 372 g/mol. The zero-order chi connectivity index (χ0) is 19.8. The van der Waals surface area contributed by atoms with E-state index in [2.05, 4.69) is 10.6 Å². The number of benzene rings is 2. The van der Waals surface area contributed by atoms with Crippen molar-refractivity contribution in [1.29, 1.82) is 0 Å². The van der Waals surface area contributed by atoms with Crippen molar-refractivity contribution in [2.45, 2.75) is 19.5 Å². The van der Waals surface area contributed by atoms with Crippen LogP contribution in [0.1, 0.15) is 24.1 Å². The van der Waals surface area contributed by atoms with Crippen LogP contribution in [0.15, 0.2) is 42.5 Å². The molecule has 2 aromatic rings. The van der Waals surface area contributed by atoms with Gasteiger partial charge in [-0.05, 0) is 30.7 Å². The van der Waals surface area contributed by atoms with E-state index in [0.29, 0.717) is 17.2 Å². The minimum Gasteiger partial charge on any atom is -0.496 e. The Morgan fingerprint density at radius 2 is 1.56 bits per heavy atom. The molecule has 0 aromatic heterocycles. The van der Waals surface area contributed by atoms with Gasteiger partial charge in [0.25, 0.3) is 0 Å². The van der Waals surface area contributed by atoms with Gasteiger partial charge in [0.1, 0.15) is 5.75 Å². The van der Waals surface area contributed by atoms with Gasteiger partial charge in [-0.3, -0.25) is 9.59 Å². The van der Waals surface area contributed by atoms with Gasteiger partial charge < -0.3 is 24.8 Å². The van der Waals surface area contributed by atoms with Crippen LogP contribution in [0.5, 0.6) is 17.2 Å². The third kappa shape index (κ3) is 5.13. The van der Waals surface area contributed by atoms with Crippen molar-refractivity contribution in [3.8, 4) is 17.2 Å². The summed E-state index contributed by atoms with van der Waals surface area (Å²) in [5.41, 5.74) is 1.58. The van der Waals surface area contributed by atoms with Crippen LogP contribution in [0.3, 0.4) is 0 Å². The Kier molecular flexibility index (Phi) is 7.05. The Morgan fingerprint density at radius 1 is 0.889 bits per heavy atom. The molecule has 2 N–H and O–H groups in total. The Labute approximate surface area is 158 Å². The van der Waals surface area contributed by atoms with E-state index < -0.39 is 11.8 Å². The predicted molar refractivity (Wildman–Crippen MR) is 101 cm³/mol. The zero-order valence-corrected chi connectivity index (χ0v) is 15.9. The van der Waals surface area contributed by atoms with Crippen LogP contribution in [0.25, 0.3) is 0 Å². The molecule has 2 rings (SSSR count). The number of carbonyl (C=O) groups is 2. The van der Waals surface area contributed by atoms with Crippen LogP contribution in [0.2, 0.25) is 0 Å². The van der Waals surface area contributed by atoms with Gasteiger partial charge in [0.15, 0.2) is 11.5 Å². The summed E-state index contributed by atoms with van der Waals surface area (Å²) in [5, 5.41) is 5.27. The van der Waals surface area contributed by atoms with Crippen molar-refractivity contribution in [1.82, 2.24) is 10.6 Å². The molecular formula is C20H24N2O5. The highest BCUT2D eigenvalue weighted by Gasteiger charge is 2.18. The third-order valence-electron chi connectivity index (χ3n) is 4.09. The van der Waals surface area contributed by atoms with Gasteiger partial charge in [0, 0.05) is 12.1 Å². The summed E-state index contributed by atoms with van der Waals surface area (Å²) < 4.78 is 15.7. The van der Waals surface area contributed by atoms with E-state index in [1.54, 1.807) is 45.4 Å². The summed E-state index contributed by atoms with van der Waals surface area (Å²) in [6.45, 7) is 1.98. The SMILES string of the molecule is COc1ccccc1CNC(=O)C(=O)NC(C)c1ccc(OC)c(OC)c1. The topological polar surface area (TPSA) is 85.9 Å². The van der Waals surface area contributed by atoms with Crippen LogP contribution in [-0.4, -0.2) is 33.1 Å². The highest BCUT2D eigenvalue weighted by atomic mass is 16.5. The smallest absolute Gasteiger partial charge is 0.309 e. The number of methoxy groups -OCH3 is 3. The minimum absolute atomic E-state index is 0.195. The van der Waals surface area contributed by atoms with E-state index in [1.165, 1.54) is 7.11 Å². The molecule has 2 aromatic carbocycles. The zero-order valence-electron chi connectivity index (χ0n) is 15.9. The van der Waals surface area contributed by atoms with Gasteiger partial charge in [0.05, 0.1) is 27.4 Å². The maximum absolute atomic E-state index is 12.2. The Bertz CT molecular complexity index is 807. The van der Waals surface area contributed by atoms with Crippen molar-refractivity contribution in [2.75, 3.05) is 21.3 Å². The molecule has 7 nitrogen and oxygen atoms in total. The molecule has 144 valence electrons. The predicted octanol–water partition coefficient (Wildman–Crippen LogP) is 2.21. The molecule has 1 atom stereocenters. The molecule has 0 bridgehead atoms. The highest BCUT2D eigenvalue weighted by molar-refractivity contribution is 6.35.